The molecule has 1 aliphatic rings. The number of benzene rings is 4. The van der Waals surface area contributed by atoms with Gasteiger partial charge in [-0.05, 0) is 64.3 Å². The molecule has 0 saturated heterocycles. The highest BCUT2D eigenvalue weighted by Crippen LogP contribution is 2.43. The van der Waals surface area contributed by atoms with Crippen LogP contribution in [0.2, 0.25) is 0 Å². The molecule has 226 valence electrons. The highest BCUT2D eigenvalue weighted by Gasteiger charge is 2.24. The number of nitrogens with one attached hydrogen (secondary N) is 1. The number of hydrogen-bond donors (Lipinski definition) is 4. The average molecular weight is 698 g/mol. The van der Waals surface area contributed by atoms with E-state index in [1.54, 1.807) is 0 Å². The van der Waals surface area contributed by atoms with Gasteiger partial charge < -0.3 is 9.66 Å². The molecule has 0 spiro atoms. The van der Waals surface area contributed by atoms with Crippen molar-refractivity contribution in [1.29, 1.82) is 0 Å². The molecule has 4 N–H and O–H groups in total. The predicted molar refractivity (Wildman–Crippen MR) is 163 cm³/mol. The molecule has 0 aromatic heterocycles. The third kappa shape index (κ3) is 6.53. The number of halogens is 2. The number of amidine groups is 1. The molecule has 1 unspecified atom stereocenters. The molecule has 0 saturated carbocycles. The average Bonchev–Trinajstić information content (AvgIpc) is 3.09. The first-order valence-corrected chi connectivity index (χ1v) is 16.3. The van der Waals surface area contributed by atoms with Crippen molar-refractivity contribution >= 4 is 116 Å². The van der Waals surface area contributed by atoms with E-state index in [0.29, 0.717) is 0 Å². The van der Waals surface area contributed by atoms with E-state index in [4.69, 9.17) is 23.2 Å². The normalized spacial score (nSPS) is 15.8. The standard InChI is InChI=1S/C24H14Cl2N6O9S3/c25-19-10-27-23(26)30-24(29-19)28-13-2-4-15-12(7-13)9-18(43(36,37)38)20(21(15)33)32-31-17-6-1-11-8-14(42(34)35)3-5-16(11)22(17)44(39,40)41/h1-10H,(H4,31,33,34,35,36,37,38,39,40,41). The van der Waals surface area contributed by atoms with Crippen LogP contribution in [0.25, 0.3) is 21.5 Å². The smallest absolute Gasteiger partial charge is 0.448 e. The van der Waals surface area contributed by atoms with Crippen LogP contribution in [-0.4, -0.2) is 62.4 Å². The van der Waals surface area contributed by atoms with Crippen LogP contribution in [0.3, 0.4) is 0 Å². The summed E-state index contributed by atoms with van der Waals surface area (Å²) in [4.78, 5) is 6.37. The minimum absolute atomic E-state index is 0.0326. The summed E-state index contributed by atoms with van der Waals surface area (Å²) in [5, 5.41) is 21.0. The Morgan fingerprint density at radius 1 is 0.909 bits per heavy atom. The molecule has 5 rings (SSSR count). The largest absolute Gasteiger partial charge is 0.768 e. The Morgan fingerprint density at radius 3 is 2.32 bits per heavy atom. The zero-order valence-corrected chi connectivity index (χ0v) is 25.2. The van der Waals surface area contributed by atoms with Crippen LogP contribution in [0.15, 0.2) is 89.5 Å². The number of nitrogens with zero attached hydrogens (tertiary/aromatic N) is 5. The first-order valence-electron chi connectivity index (χ1n) is 11.6. The maximum absolute atomic E-state index is 12.3. The number of fused-ring (bicyclic) bond motifs is 2. The van der Waals surface area contributed by atoms with Gasteiger partial charge in [-0.3, -0.25) is 13.3 Å². The van der Waals surface area contributed by atoms with Gasteiger partial charge in [0.05, 0.1) is 5.69 Å². The molecule has 0 amide bonds. The molecule has 20 heteroatoms. The summed E-state index contributed by atoms with van der Waals surface area (Å²) in [6.45, 7) is 0. The third-order valence-electron chi connectivity index (χ3n) is 5.89. The van der Waals surface area contributed by atoms with Gasteiger partial charge in [-0.15, -0.1) is 10.2 Å². The molecule has 0 bridgehead atoms. The molecule has 1 heterocycles. The van der Waals surface area contributed by atoms with Gasteiger partial charge in [0.25, 0.3) is 20.2 Å². The molecule has 0 fully saturated rings. The number of guanidine groups is 1. The highest BCUT2D eigenvalue weighted by atomic mass is 35.5. The summed E-state index contributed by atoms with van der Waals surface area (Å²) in [5.41, 5.74) is -1.05. The Hall–Kier alpha value is -4.10. The van der Waals surface area contributed by atoms with Crippen molar-refractivity contribution in [3.63, 3.8) is 0 Å². The van der Waals surface area contributed by atoms with E-state index in [0.717, 1.165) is 30.3 Å². The van der Waals surface area contributed by atoms with Gasteiger partial charge in [-0.2, -0.15) is 36.8 Å². The lowest BCUT2D eigenvalue weighted by Gasteiger charge is -2.11. The second-order valence-electron chi connectivity index (χ2n) is 8.70. The number of aromatic hydroxyl groups is 1. The lowest BCUT2D eigenvalue weighted by Crippen LogP contribution is -2.25. The molecule has 4 aromatic rings. The summed E-state index contributed by atoms with van der Waals surface area (Å²) in [5.74, 6) is -0.822. The van der Waals surface area contributed by atoms with Crippen molar-refractivity contribution < 1.29 is 39.8 Å². The number of aliphatic imine (C=N–C) groups is 2. The van der Waals surface area contributed by atoms with Crippen LogP contribution >= 0.6 is 23.2 Å². The molecule has 1 atom stereocenters. The number of phenolic OH excluding ortho intramolecular Hbond substituents is 1. The van der Waals surface area contributed by atoms with Crippen LogP contribution in [0.5, 0.6) is 5.75 Å². The Balaban J connectivity index is 1.66. The van der Waals surface area contributed by atoms with Crippen molar-refractivity contribution in [3.05, 3.63) is 54.6 Å². The number of phenols is 1. The Morgan fingerprint density at radius 2 is 1.64 bits per heavy atom. The second kappa shape index (κ2) is 11.8. The van der Waals surface area contributed by atoms with Crippen LogP contribution in [0.4, 0.5) is 17.1 Å². The number of rotatable bonds is 6. The minimum Gasteiger partial charge on any atom is -0.768 e. The maximum Gasteiger partial charge on any atom is 0.448 e. The van der Waals surface area contributed by atoms with Gasteiger partial charge in [0, 0.05) is 27.3 Å². The van der Waals surface area contributed by atoms with Crippen LogP contribution < -0.4 is 9.98 Å². The number of hydrogen-bond acceptors (Lipinski definition) is 10. The van der Waals surface area contributed by atoms with E-state index in [2.05, 4.69) is 30.2 Å². The summed E-state index contributed by atoms with van der Waals surface area (Å²) in [7, 11) is -10.1. The monoisotopic (exact) mass is 696 g/mol. The van der Waals surface area contributed by atoms with Crippen molar-refractivity contribution in [2.45, 2.75) is 14.7 Å². The number of azo groups is 1. The second-order valence-corrected chi connectivity index (χ2v) is 13.1. The molecular formula is C24H14Cl2N6O9S3. The molecule has 0 aliphatic carbocycles. The Labute approximate surface area is 259 Å². The fourth-order valence-corrected chi connectivity index (χ4v) is 6.25. The first kappa shape index (κ1) is 31.3. The van der Waals surface area contributed by atoms with E-state index in [1.807, 2.05) is 0 Å². The van der Waals surface area contributed by atoms with Gasteiger partial charge in [-0.25, -0.2) is 0 Å². The van der Waals surface area contributed by atoms with Gasteiger partial charge in [0.2, 0.25) is 6.21 Å². The third-order valence-corrected chi connectivity index (χ3v) is 8.71. The predicted octanol–water partition coefficient (Wildman–Crippen LogP) is 3.81. The lowest BCUT2D eigenvalue weighted by atomic mass is 10.1. The Bertz CT molecular complexity index is 2320. The van der Waals surface area contributed by atoms with Gasteiger partial charge in [-0.1, -0.05) is 23.7 Å². The van der Waals surface area contributed by atoms with Gasteiger partial charge in [0.1, 0.15) is 21.2 Å². The molecule has 15 nitrogen and oxygen atoms in total. The van der Waals surface area contributed by atoms with E-state index < -0.39 is 58.2 Å². The molecule has 4 aromatic carbocycles. The summed E-state index contributed by atoms with van der Waals surface area (Å²) < 4.78 is 95.5. The zero-order valence-electron chi connectivity index (χ0n) is 21.3. The first-order chi connectivity index (χ1) is 20.6. The molecule has 1 aliphatic heterocycles. The van der Waals surface area contributed by atoms with Gasteiger partial charge >= 0.3 is 11.3 Å². The lowest BCUT2D eigenvalue weighted by molar-refractivity contribution is 0.472. The Kier molecular flexibility index (Phi) is 8.38. The zero-order chi connectivity index (χ0) is 32.0. The van der Waals surface area contributed by atoms with Crippen LogP contribution in [0, 0.1) is 0 Å². The van der Waals surface area contributed by atoms with Crippen molar-refractivity contribution in [2.24, 2.45) is 20.2 Å². The summed E-state index contributed by atoms with van der Waals surface area (Å²) in [6, 6.07) is 10.8. The maximum atomic E-state index is 12.3. The SMILES string of the molecule is O=S([O-])c1ccc2c(S(=O)(=O)O)c(N=Nc3c(S(=O)(=O)O)cc4cc(N=C5N=C(Cl)C=[N+]=C(Cl)N5)ccc4c3O)ccc2c1. The topological polar surface area (TPSA) is 245 Å². The van der Waals surface area contributed by atoms with Crippen LogP contribution in [-0.2, 0) is 31.3 Å². The van der Waals surface area contributed by atoms with E-state index >= 15 is 0 Å². The fourth-order valence-electron chi connectivity index (χ4n) is 4.09. The molecule has 0 radical (unpaired) electrons. The van der Waals surface area contributed by atoms with Crippen molar-refractivity contribution in [1.82, 2.24) is 9.98 Å². The summed E-state index contributed by atoms with van der Waals surface area (Å²) in [6.07, 6.45) is 1.18. The van der Waals surface area contributed by atoms with E-state index in [9.17, 15) is 39.8 Å². The van der Waals surface area contributed by atoms with Crippen molar-refractivity contribution in [3.8, 4) is 5.75 Å². The van der Waals surface area contributed by atoms with Gasteiger partial charge in [0.15, 0.2) is 10.9 Å². The molecule has 44 heavy (non-hydrogen) atoms. The minimum atomic E-state index is -5.06. The summed E-state index contributed by atoms with van der Waals surface area (Å²) >= 11 is 9.16. The molecular weight excluding hydrogens is 683 g/mol. The quantitative estimate of drug-likeness (QED) is 0.0746. The van der Waals surface area contributed by atoms with Crippen molar-refractivity contribution in [2.75, 3.05) is 0 Å². The highest BCUT2D eigenvalue weighted by molar-refractivity contribution is 7.86. The van der Waals surface area contributed by atoms with E-state index in [1.165, 1.54) is 30.5 Å². The van der Waals surface area contributed by atoms with E-state index in [-0.39, 0.29) is 48.6 Å². The fraction of sp³-hybridized carbons (Fsp3) is 0. The van der Waals surface area contributed by atoms with Crippen LogP contribution in [0.1, 0.15) is 0 Å².